The predicted octanol–water partition coefficient (Wildman–Crippen LogP) is 4.01. The first-order valence-electron chi connectivity index (χ1n) is 7.36. The number of hydrazine groups is 1. The minimum absolute atomic E-state index is 0.222. The predicted molar refractivity (Wildman–Crippen MR) is 105 cm³/mol. The van der Waals surface area contributed by atoms with E-state index in [-0.39, 0.29) is 11.7 Å². The molecule has 2 aromatic carbocycles. The number of benzene rings is 2. The number of hydrogen-bond acceptors (Lipinski definition) is 3. The Bertz CT molecular complexity index is 799. The van der Waals surface area contributed by atoms with Crippen molar-refractivity contribution in [3.63, 3.8) is 0 Å². The molecule has 2 aromatic rings. The molecular weight excluding hydrogens is 381 g/mol. The number of carbonyl (C=O) groups excluding carboxylic acids is 1. The Labute approximate surface area is 161 Å². The van der Waals surface area contributed by atoms with Crippen LogP contribution in [0.2, 0.25) is 10.0 Å². The maximum Gasteiger partial charge on any atom is 0.276 e. The minimum atomic E-state index is -0.406. The number of thiocarbonyl (C=S) groups is 1. The highest BCUT2D eigenvalue weighted by Gasteiger charge is 2.08. The Morgan fingerprint density at radius 1 is 1.16 bits per heavy atom. The first kappa shape index (κ1) is 19.3. The van der Waals surface area contributed by atoms with E-state index >= 15 is 0 Å². The molecule has 2 rings (SSSR count). The number of anilines is 1. The number of aryl methyl sites for hydroxylation is 1. The van der Waals surface area contributed by atoms with Crippen LogP contribution in [0.1, 0.15) is 11.1 Å². The zero-order valence-electron chi connectivity index (χ0n) is 13.7. The maximum atomic E-state index is 11.8. The Hall–Kier alpha value is -2.02. The van der Waals surface area contributed by atoms with Crippen LogP contribution >= 0.6 is 35.4 Å². The molecule has 1 amide bonds. The van der Waals surface area contributed by atoms with Gasteiger partial charge in [0.1, 0.15) is 5.75 Å². The van der Waals surface area contributed by atoms with Crippen molar-refractivity contribution < 1.29 is 9.53 Å². The quantitative estimate of drug-likeness (QED) is 0.537. The van der Waals surface area contributed by atoms with Crippen LogP contribution in [0.5, 0.6) is 5.75 Å². The van der Waals surface area contributed by atoms with Crippen molar-refractivity contribution in [2.45, 2.75) is 13.8 Å². The number of carbonyl (C=O) groups is 1. The summed E-state index contributed by atoms with van der Waals surface area (Å²) >= 11 is 16.9. The number of nitrogens with one attached hydrogen (secondary N) is 3. The molecular formula is C17H17Cl2N3O2S. The summed E-state index contributed by atoms with van der Waals surface area (Å²) < 4.78 is 5.33. The second-order valence-electron chi connectivity index (χ2n) is 5.24. The molecule has 0 atom stereocenters. The molecule has 0 fully saturated rings. The van der Waals surface area contributed by atoms with Gasteiger partial charge in [-0.2, -0.15) is 0 Å². The topological polar surface area (TPSA) is 62.4 Å². The van der Waals surface area contributed by atoms with Crippen LogP contribution in [0.4, 0.5) is 5.69 Å². The fraction of sp³-hybridized carbons (Fsp3) is 0.176. The zero-order valence-corrected chi connectivity index (χ0v) is 16.0. The normalized spacial score (nSPS) is 10.1. The van der Waals surface area contributed by atoms with Gasteiger partial charge in [0, 0.05) is 10.7 Å². The molecule has 132 valence electrons. The smallest absolute Gasteiger partial charge is 0.276 e. The number of halogens is 2. The first-order valence-corrected chi connectivity index (χ1v) is 8.53. The van der Waals surface area contributed by atoms with Crippen LogP contribution in [0, 0.1) is 13.8 Å². The van der Waals surface area contributed by atoms with Crippen LogP contribution in [-0.4, -0.2) is 17.6 Å². The second-order valence-corrected chi connectivity index (χ2v) is 6.49. The van der Waals surface area contributed by atoms with E-state index in [1.54, 1.807) is 12.1 Å². The van der Waals surface area contributed by atoms with E-state index in [4.69, 9.17) is 40.2 Å². The summed E-state index contributed by atoms with van der Waals surface area (Å²) in [5.74, 6) is -0.0339. The molecule has 0 radical (unpaired) electrons. The Balaban J connectivity index is 1.79. The lowest BCUT2D eigenvalue weighted by molar-refractivity contribution is -0.123. The van der Waals surface area contributed by atoms with Gasteiger partial charge in [-0.25, -0.2) is 0 Å². The fourth-order valence-electron chi connectivity index (χ4n) is 1.94. The molecule has 8 heteroatoms. The number of hydrogen-bond donors (Lipinski definition) is 3. The molecule has 0 aromatic heterocycles. The highest BCUT2D eigenvalue weighted by atomic mass is 35.5. The average Bonchev–Trinajstić information content (AvgIpc) is 2.56. The van der Waals surface area contributed by atoms with Gasteiger partial charge >= 0.3 is 0 Å². The summed E-state index contributed by atoms with van der Waals surface area (Å²) in [6.07, 6.45) is 0. The lowest BCUT2D eigenvalue weighted by Crippen LogP contribution is -2.45. The van der Waals surface area contributed by atoms with Gasteiger partial charge in [0.15, 0.2) is 11.7 Å². The first-order chi connectivity index (χ1) is 11.9. The third-order valence-electron chi connectivity index (χ3n) is 3.42. The average molecular weight is 398 g/mol. The molecule has 3 N–H and O–H groups in total. The summed E-state index contributed by atoms with van der Waals surface area (Å²) in [6.45, 7) is 3.78. The summed E-state index contributed by atoms with van der Waals surface area (Å²) in [6, 6.07) is 10.6. The molecule has 0 bridgehead atoms. The standard InChI is InChI=1S/C17H17Cl2N3O2S/c1-10-4-3-5-14(11(10)2)20-17(25)22-21-16(23)9-24-15-7-6-12(18)8-13(15)19/h3-8H,9H2,1-2H3,(H,21,23)(H2,20,22,25). The van der Waals surface area contributed by atoms with Crippen molar-refractivity contribution in [2.24, 2.45) is 0 Å². The van der Waals surface area contributed by atoms with Gasteiger partial charge in [0.05, 0.1) is 5.02 Å². The monoisotopic (exact) mass is 397 g/mol. The molecule has 0 saturated carbocycles. The van der Waals surface area contributed by atoms with Crippen LogP contribution in [0.3, 0.4) is 0 Å². The highest BCUT2D eigenvalue weighted by Crippen LogP contribution is 2.27. The molecule has 0 saturated heterocycles. The van der Waals surface area contributed by atoms with E-state index in [9.17, 15) is 4.79 Å². The van der Waals surface area contributed by atoms with Crippen LogP contribution in [-0.2, 0) is 4.79 Å². The van der Waals surface area contributed by atoms with E-state index in [0.717, 1.165) is 16.8 Å². The third-order valence-corrected chi connectivity index (χ3v) is 4.16. The maximum absolute atomic E-state index is 11.8. The molecule has 0 unspecified atom stereocenters. The molecule has 5 nitrogen and oxygen atoms in total. The summed E-state index contributed by atoms with van der Waals surface area (Å²) in [7, 11) is 0. The SMILES string of the molecule is Cc1cccc(NC(=S)NNC(=O)COc2ccc(Cl)cc2Cl)c1C. The van der Waals surface area contributed by atoms with Gasteiger partial charge in [-0.1, -0.05) is 35.3 Å². The van der Waals surface area contributed by atoms with Gasteiger partial charge in [-0.15, -0.1) is 0 Å². The van der Waals surface area contributed by atoms with Gasteiger partial charge < -0.3 is 10.1 Å². The Kier molecular flexibility index (Phi) is 6.87. The van der Waals surface area contributed by atoms with E-state index in [2.05, 4.69) is 16.2 Å². The third kappa shape index (κ3) is 5.77. The Morgan fingerprint density at radius 3 is 2.64 bits per heavy atom. The fourth-order valence-corrected chi connectivity index (χ4v) is 2.56. The van der Waals surface area contributed by atoms with Gasteiger partial charge in [-0.05, 0) is 61.5 Å². The Morgan fingerprint density at radius 2 is 1.92 bits per heavy atom. The largest absolute Gasteiger partial charge is 0.482 e. The number of rotatable bonds is 4. The van der Waals surface area contributed by atoms with E-state index in [1.165, 1.54) is 6.07 Å². The summed E-state index contributed by atoms with van der Waals surface area (Å²) in [5, 5.41) is 4.12. The number of amides is 1. The van der Waals surface area contributed by atoms with Gasteiger partial charge in [0.25, 0.3) is 5.91 Å². The van der Waals surface area contributed by atoms with Crippen LogP contribution < -0.4 is 20.9 Å². The van der Waals surface area contributed by atoms with Crippen molar-refractivity contribution in [1.29, 1.82) is 0 Å². The van der Waals surface area contributed by atoms with Gasteiger partial charge in [0.2, 0.25) is 0 Å². The van der Waals surface area contributed by atoms with Crippen molar-refractivity contribution in [2.75, 3.05) is 11.9 Å². The molecule has 0 aliphatic rings. The molecule has 0 spiro atoms. The van der Waals surface area contributed by atoms with Crippen LogP contribution in [0.25, 0.3) is 0 Å². The van der Waals surface area contributed by atoms with Crippen molar-refractivity contribution >= 4 is 52.1 Å². The lowest BCUT2D eigenvalue weighted by atomic mass is 10.1. The van der Waals surface area contributed by atoms with Crippen molar-refractivity contribution in [3.05, 3.63) is 57.6 Å². The summed E-state index contributed by atoms with van der Waals surface area (Å²) in [5.41, 5.74) is 8.17. The van der Waals surface area contributed by atoms with E-state index < -0.39 is 5.91 Å². The number of ether oxygens (including phenoxy) is 1. The van der Waals surface area contributed by atoms with Gasteiger partial charge in [-0.3, -0.25) is 15.6 Å². The molecule has 0 heterocycles. The van der Waals surface area contributed by atoms with E-state index in [0.29, 0.717) is 15.8 Å². The zero-order chi connectivity index (χ0) is 18.4. The van der Waals surface area contributed by atoms with E-state index in [1.807, 2.05) is 32.0 Å². The van der Waals surface area contributed by atoms with Crippen LogP contribution in [0.15, 0.2) is 36.4 Å². The second kappa shape index (κ2) is 8.89. The highest BCUT2D eigenvalue weighted by molar-refractivity contribution is 7.80. The summed E-state index contributed by atoms with van der Waals surface area (Å²) in [4.78, 5) is 11.8. The molecule has 0 aliphatic heterocycles. The molecule has 25 heavy (non-hydrogen) atoms. The van der Waals surface area contributed by atoms with Crippen molar-refractivity contribution in [1.82, 2.24) is 10.9 Å². The minimum Gasteiger partial charge on any atom is -0.482 e. The lowest BCUT2D eigenvalue weighted by Gasteiger charge is -2.14. The molecule has 0 aliphatic carbocycles. The van der Waals surface area contributed by atoms with Crippen molar-refractivity contribution in [3.8, 4) is 5.75 Å².